The summed E-state index contributed by atoms with van der Waals surface area (Å²) in [5, 5.41) is 11.8. The molecule has 0 fully saturated rings. The van der Waals surface area contributed by atoms with E-state index in [1.54, 1.807) is 56.3 Å². The molecule has 158 valence electrons. The molecular formula is C25H19FN4O2. The second kappa shape index (κ2) is 8.82. The predicted octanol–water partition coefficient (Wildman–Crippen LogP) is 5.09. The highest BCUT2D eigenvalue weighted by atomic mass is 19.1. The van der Waals surface area contributed by atoms with Gasteiger partial charge in [0.15, 0.2) is 0 Å². The van der Waals surface area contributed by atoms with Crippen molar-refractivity contribution < 1.29 is 13.9 Å². The van der Waals surface area contributed by atoms with E-state index in [2.05, 4.69) is 21.4 Å². The third-order valence-electron chi connectivity index (χ3n) is 4.94. The van der Waals surface area contributed by atoms with Crippen LogP contribution in [0.1, 0.15) is 32.9 Å². The van der Waals surface area contributed by atoms with Gasteiger partial charge in [0.05, 0.1) is 34.1 Å². The summed E-state index contributed by atoms with van der Waals surface area (Å²) in [6, 6.07) is 18.6. The molecule has 0 saturated carbocycles. The number of benzene rings is 3. The van der Waals surface area contributed by atoms with Crippen molar-refractivity contribution in [3.05, 3.63) is 94.6 Å². The summed E-state index contributed by atoms with van der Waals surface area (Å²) in [6.45, 7) is 3.85. The Morgan fingerprint density at radius 1 is 1.06 bits per heavy atom. The van der Waals surface area contributed by atoms with Crippen molar-refractivity contribution in [2.24, 2.45) is 0 Å². The van der Waals surface area contributed by atoms with Gasteiger partial charge in [-0.2, -0.15) is 5.26 Å². The highest BCUT2D eigenvalue weighted by Gasteiger charge is 2.16. The monoisotopic (exact) mass is 426 g/mol. The average Bonchev–Trinajstić information content (AvgIpc) is 2.78. The molecule has 0 bridgehead atoms. The molecule has 0 unspecified atom stereocenters. The van der Waals surface area contributed by atoms with Gasteiger partial charge in [0.25, 0.3) is 5.91 Å². The first kappa shape index (κ1) is 20.9. The van der Waals surface area contributed by atoms with Crippen LogP contribution in [-0.4, -0.2) is 15.9 Å². The zero-order valence-electron chi connectivity index (χ0n) is 17.5. The highest BCUT2D eigenvalue weighted by molar-refractivity contribution is 6.11. The minimum atomic E-state index is -0.558. The van der Waals surface area contributed by atoms with Crippen molar-refractivity contribution in [1.82, 2.24) is 9.97 Å². The van der Waals surface area contributed by atoms with E-state index in [1.807, 2.05) is 6.07 Å². The van der Waals surface area contributed by atoms with E-state index in [0.29, 0.717) is 39.4 Å². The van der Waals surface area contributed by atoms with Gasteiger partial charge < -0.3 is 10.1 Å². The second-order valence-corrected chi connectivity index (χ2v) is 7.30. The summed E-state index contributed by atoms with van der Waals surface area (Å²) >= 11 is 0. The molecule has 0 aliphatic carbocycles. The SMILES string of the molecule is Cc1nc2cc(F)cc(C(=O)Nc3cccc(OCc4cccc(C#N)c4)c3)c2nc1C. The van der Waals surface area contributed by atoms with E-state index in [4.69, 9.17) is 10.00 Å². The van der Waals surface area contributed by atoms with Crippen LogP contribution in [0.4, 0.5) is 10.1 Å². The summed E-state index contributed by atoms with van der Waals surface area (Å²) in [4.78, 5) is 21.7. The molecule has 0 aliphatic heterocycles. The zero-order chi connectivity index (χ0) is 22.7. The van der Waals surface area contributed by atoms with Gasteiger partial charge in [0, 0.05) is 17.8 Å². The Morgan fingerprint density at radius 3 is 2.66 bits per heavy atom. The fourth-order valence-electron chi connectivity index (χ4n) is 3.23. The largest absolute Gasteiger partial charge is 0.489 e. The van der Waals surface area contributed by atoms with Crippen LogP contribution < -0.4 is 10.1 Å². The number of carbonyl (C=O) groups is 1. The lowest BCUT2D eigenvalue weighted by atomic mass is 10.1. The standard InChI is InChI=1S/C25H19FN4O2/c1-15-16(2)29-24-22(10-19(26)11-23(24)28-15)25(31)30-20-7-4-8-21(12-20)32-14-18-6-3-5-17(9-18)13-27/h3-12H,14H2,1-2H3,(H,30,31). The Morgan fingerprint density at radius 2 is 1.84 bits per heavy atom. The molecule has 0 aliphatic rings. The molecule has 4 aromatic rings. The van der Waals surface area contributed by atoms with E-state index in [9.17, 15) is 9.18 Å². The zero-order valence-corrected chi connectivity index (χ0v) is 17.5. The number of nitriles is 1. The fourth-order valence-corrected chi connectivity index (χ4v) is 3.23. The summed E-state index contributed by atoms with van der Waals surface area (Å²) in [7, 11) is 0. The number of aryl methyl sites for hydroxylation is 2. The number of hydrogen-bond acceptors (Lipinski definition) is 5. The number of aromatic nitrogens is 2. The molecule has 0 radical (unpaired) electrons. The van der Waals surface area contributed by atoms with Crippen LogP contribution in [0.25, 0.3) is 11.0 Å². The molecule has 1 aromatic heterocycles. The first-order valence-electron chi connectivity index (χ1n) is 9.90. The number of amides is 1. The first-order chi connectivity index (χ1) is 15.4. The summed E-state index contributed by atoms with van der Waals surface area (Å²) in [6.07, 6.45) is 0. The van der Waals surface area contributed by atoms with Gasteiger partial charge in [-0.05, 0) is 49.7 Å². The van der Waals surface area contributed by atoms with Crippen LogP contribution in [0.15, 0.2) is 60.7 Å². The molecule has 1 amide bonds. The van der Waals surface area contributed by atoms with Crippen molar-refractivity contribution >= 4 is 22.6 Å². The van der Waals surface area contributed by atoms with Crippen LogP contribution in [0, 0.1) is 31.0 Å². The average molecular weight is 426 g/mol. The maximum atomic E-state index is 14.1. The van der Waals surface area contributed by atoms with Crippen LogP contribution in [0.3, 0.4) is 0 Å². The molecule has 0 saturated heterocycles. The van der Waals surface area contributed by atoms with Gasteiger partial charge in [0.2, 0.25) is 0 Å². The number of fused-ring (bicyclic) bond motifs is 1. The smallest absolute Gasteiger partial charge is 0.258 e. The lowest BCUT2D eigenvalue weighted by Gasteiger charge is -2.11. The molecule has 1 N–H and O–H groups in total. The van der Waals surface area contributed by atoms with Gasteiger partial charge >= 0.3 is 0 Å². The summed E-state index contributed by atoms with van der Waals surface area (Å²) < 4.78 is 19.9. The maximum Gasteiger partial charge on any atom is 0.258 e. The van der Waals surface area contributed by atoms with Gasteiger partial charge in [-0.25, -0.2) is 14.4 Å². The topological polar surface area (TPSA) is 87.9 Å². The number of carbonyl (C=O) groups excluding carboxylic acids is 1. The minimum absolute atomic E-state index is 0.107. The molecule has 0 atom stereocenters. The third kappa shape index (κ3) is 4.55. The number of nitrogens with one attached hydrogen (secondary N) is 1. The van der Waals surface area contributed by atoms with E-state index in [0.717, 1.165) is 11.6 Å². The molecular weight excluding hydrogens is 407 g/mol. The lowest BCUT2D eigenvalue weighted by molar-refractivity contribution is 0.102. The van der Waals surface area contributed by atoms with Crippen LogP contribution in [0.5, 0.6) is 5.75 Å². The van der Waals surface area contributed by atoms with E-state index in [1.165, 1.54) is 6.07 Å². The molecule has 3 aromatic carbocycles. The molecule has 1 heterocycles. The summed E-state index contributed by atoms with van der Waals surface area (Å²) in [5.41, 5.74) is 4.04. The Labute approximate surface area is 184 Å². The quantitative estimate of drug-likeness (QED) is 0.480. The van der Waals surface area contributed by atoms with Gasteiger partial charge in [0.1, 0.15) is 23.7 Å². The fraction of sp³-hybridized carbons (Fsp3) is 0.120. The Bertz CT molecular complexity index is 1380. The van der Waals surface area contributed by atoms with E-state index < -0.39 is 11.7 Å². The number of rotatable bonds is 5. The third-order valence-corrected chi connectivity index (χ3v) is 4.94. The number of ether oxygens (including phenoxy) is 1. The molecule has 4 rings (SSSR count). The van der Waals surface area contributed by atoms with Crippen LogP contribution in [-0.2, 0) is 6.61 Å². The number of nitrogens with zero attached hydrogens (tertiary/aromatic N) is 3. The van der Waals surface area contributed by atoms with Gasteiger partial charge in [-0.1, -0.05) is 18.2 Å². The minimum Gasteiger partial charge on any atom is -0.489 e. The van der Waals surface area contributed by atoms with Crippen LogP contribution in [0.2, 0.25) is 0 Å². The van der Waals surface area contributed by atoms with E-state index in [-0.39, 0.29) is 12.2 Å². The number of halogens is 1. The first-order valence-corrected chi connectivity index (χ1v) is 9.90. The van der Waals surface area contributed by atoms with Gasteiger partial charge in [-0.3, -0.25) is 4.79 Å². The number of hydrogen-bond donors (Lipinski definition) is 1. The molecule has 6 nitrogen and oxygen atoms in total. The predicted molar refractivity (Wildman–Crippen MR) is 119 cm³/mol. The molecule has 0 spiro atoms. The Kier molecular flexibility index (Phi) is 5.77. The summed E-state index contributed by atoms with van der Waals surface area (Å²) in [5.74, 6) is -0.511. The van der Waals surface area contributed by atoms with Crippen molar-refractivity contribution in [1.29, 1.82) is 5.26 Å². The second-order valence-electron chi connectivity index (χ2n) is 7.30. The normalized spacial score (nSPS) is 10.6. The van der Waals surface area contributed by atoms with Crippen molar-refractivity contribution in [3.63, 3.8) is 0 Å². The lowest BCUT2D eigenvalue weighted by Crippen LogP contribution is -2.14. The van der Waals surface area contributed by atoms with E-state index >= 15 is 0 Å². The maximum absolute atomic E-state index is 14.1. The molecule has 32 heavy (non-hydrogen) atoms. The van der Waals surface area contributed by atoms with Crippen molar-refractivity contribution in [2.75, 3.05) is 5.32 Å². The van der Waals surface area contributed by atoms with Crippen molar-refractivity contribution in [2.45, 2.75) is 20.5 Å². The Hall–Kier alpha value is -4.31. The Balaban J connectivity index is 1.54. The number of anilines is 1. The van der Waals surface area contributed by atoms with Gasteiger partial charge in [-0.15, -0.1) is 0 Å². The molecule has 7 heteroatoms. The van der Waals surface area contributed by atoms with Crippen molar-refractivity contribution in [3.8, 4) is 11.8 Å². The highest BCUT2D eigenvalue weighted by Crippen LogP contribution is 2.23. The van der Waals surface area contributed by atoms with Crippen LogP contribution >= 0.6 is 0 Å².